The van der Waals surface area contributed by atoms with Crippen molar-refractivity contribution in [3.8, 4) is 6.07 Å². The van der Waals surface area contributed by atoms with Crippen LogP contribution in [0.4, 0.5) is 24.8 Å². The molecule has 0 aliphatic heterocycles. The molecule has 1 amide bonds. The van der Waals surface area contributed by atoms with Crippen molar-refractivity contribution in [1.29, 1.82) is 5.26 Å². The Balaban J connectivity index is 2.12. The molecule has 0 bridgehead atoms. The first-order valence-electron chi connectivity index (χ1n) is 6.88. The first-order valence-corrected chi connectivity index (χ1v) is 6.88. The fourth-order valence-electron chi connectivity index (χ4n) is 1.85. The molecule has 1 heterocycles. The lowest BCUT2D eigenvalue weighted by atomic mass is 10.0. The normalized spacial score (nSPS) is 13.6. The van der Waals surface area contributed by atoms with Crippen LogP contribution in [0, 0.1) is 11.3 Å². The molecule has 0 aliphatic carbocycles. The maximum atomic E-state index is 12.9. The van der Waals surface area contributed by atoms with Gasteiger partial charge in [-0.1, -0.05) is 0 Å². The standard InChI is InChI=1S/C14H13F3N6O2/c1-13(25,6-19-12-20-7-21-23-12)11(24)22-9-3-2-8(5-18)10(4-9)14(15,16)17/h2-4,7,25H,6H2,1H3,(H,22,24)(H2,19,20,21,23)/t13-/m0/s1. The van der Waals surface area contributed by atoms with E-state index in [0.717, 1.165) is 12.1 Å². The van der Waals surface area contributed by atoms with E-state index in [2.05, 4.69) is 25.8 Å². The van der Waals surface area contributed by atoms with Crippen molar-refractivity contribution >= 4 is 17.5 Å². The third-order valence-electron chi connectivity index (χ3n) is 3.21. The Hall–Kier alpha value is -3.13. The molecule has 0 unspecified atom stereocenters. The molecule has 1 atom stereocenters. The second kappa shape index (κ2) is 6.78. The number of nitrogens with zero attached hydrogens (tertiary/aromatic N) is 3. The summed E-state index contributed by atoms with van der Waals surface area (Å²) in [6, 6.07) is 4.16. The van der Waals surface area contributed by atoms with E-state index in [1.165, 1.54) is 19.3 Å². The Bertz CT molecular complexity index is 796. The number of hydrogen-bond acceptors (Lipinski definition) is 6. The van der Waals surface area contributed by atoms with Crippen LogP contribution < -0.4 is 10.6 Å². The summed E-state index contributed by atoms with van der Waals surface area (Å²) in [5.74, 6) is -0.719. The van der Waals surface area contributed by atoms with E-state index in [1.807, 2.05) is 0 Å². The minimum atomic E-state index is -4.75. The van der Waals surface area contributed by atoms with Gasteiger partial charge in [0.15, 0.2) is 5.60 Å². The van der Waals surface area contributed by atoms with E-state index in [1.54, 1.807) is 0 Å². The lowest BCUT2D eigenvalue weighted by Crippen LogP contribution is -2.45. The van der Waals surface area contributed by atoms with Crippen LogP contribution in [0.5, 0.6) is 0 Å². The summed E-state index contributed by atoms with van der Waals surface area (Å²) < 4.78 is 38.8. The third-order valence-corrected chi connectivity index (χ3v) is 3.21. The molecule has 2 rings (SSSR count). The maximum absolute atomic E-state index is 12.9. The highest BCUT2D eigenvalue weighted by Crippen LogP contribution is 2.33. The van der Waals surface area contributed by atoms with Gasteiger partial charge in [-0.25, -0.2) is 10.1 Å². The molecule has 1 aromatic heterocycles. The van der Waals surface area contributed by atoms with Crippen molar-refractivity contribution in [3.05, 3.63) is 35.7 Å². The summed E-state index contributed by atoms with van der Waals surface area (Å²) in [7, 11) is 0. The quantitative estimate of drug-likeness (QED) is 0.644. The number of aliphatic hydroxyl groups is 1. The monoisotopic (exact) mass is 354 g/mol. The number of alkyl halides is 3. The van der Waals surface area contributed by atoms with Gasteiger partial charge in [-0.15, -0.1) is 0 Å². The molecule has 8 nitrogen and oxygen atoms in total. The second-order valence-corrected chi connectivity index (χ2v) is 5.29. The number of carbonyl (C=O) groups excluding carboxylic acids is 1. The Kier molecular flexibility index (Phi) is 4.94. The molecular weight excluding hydrogens is 341 g/mol. The van der Waals surface area contributed by atoms with E-state index in [0.29, 0.717) is 6.07 Å². The number of aromatic nitrogens is 3. The lowest BCUT2D eigenvalue weighted by molar-refractivity contribution is -0.137. The predicted octanol–water partition coefficient (Wildman–Crippen LogP) is 1.50. The number of halogens is 3. The number of H-pyrrole nitrogens is 1. The number of nitriles is 1. The van der Waals surface area contributed by atoms with Crippen LogP contribution in [-0.2, 0) is 11.0 Å². The predicted molar refractivity (Wildman–Crippen MR) is 80.3 cm³/mol. The van der Waals surface area contributed by atoms with Crippen molar-refractivity contribution < 1.29 is 23.1 Å². The average Bonchev–Trinajstić information content (AvgIpc) is 3.05. The number of amides is 1. The smallest absolute Gasteiger partial charge is 0.378 e. The van der Waals surface area contributed by atoms with Crippen molar-refractivity contribution in [1.82, 2.24) is 15.2 Å². The molecule has 1 aromatic carbocycles. The van der Waals surface area contributed by atoms with Crippen LogP contribution in [0.2, 0.25) is 0 Å². The van der Waals surface area contributed by atoms with Crippen molar-refractivity contribution in [2.45, 2.75) is 18.7 Å². The van der Waals surface area contributed by atoms with Gasteiger partial charge in [-0.2, -0.15) is 23.5 Å². The first kappa shape index (κ1) is 18.2. The molecule has 0 radical (unpaired) electrons. The molecule has 0 saturated heterocycles. The fraction of sp³-hybridized carbons (Fsp3) is 0.286. The third kappa shape index (κ3) is 4.45. The molecule has 0 aliphatic rings. The number of aromatic amines is 1. The van der Waals surface area contributed by atoms with E-state index >= 15 is 0 Å². The summed E-state index contributed by atoms with van der Waals surface area (Å²) in [4.78, 5) is 15.9. The second-order valence-electron chi connectivity index (χ2n) is 5.29. The number of anilines is 2. The summed E-state index contributed by atoms with van der Waals surface area (Å²) in [6.45, 7) is 0.913. The van der Waals surface area contributed by atoms with Crippen molar-refractivity contribution in [2.75, 3.05) is 17.2 Å². The highest BCUT2D eigenvalue weighted by atomic mass is 19.4. The number of nitrogens with one attached hydrogen (secondary N) is 3. The van der Waals surface area contributed by atoms with Crippen LogP contribution in [0.1, 0.15) is 18.1 Å². The molecule has 25 heavy (non-hydrogen) atoms. The van der Waals surface area contributed by atoms with E-state index in [4.69, 9.17) is 5.26 Å². The Morgan fingerprint density at radius 2 is 2.16 bits per heavy atom. The molecule has 4 N–H and O–H groups in total. The Morgan fingerprint density at radius 1 is 1.44 bits per heavy atom. The zero-order valence-corrected chi connectivity index (χ0v) is 12.8. The van der Waals surface area contributed by atoms with E-state index < -0.39 is 28.8 Å². The summed E-state index contributed by atoms with van der Waals surface area (Å²) in [5.41, 5.74) is -3.88. The molecule has 0 spiro atoms. The zero-order valence-electron chi connectivity index (χ0n) is 12.8. The SMILES string of the molecule is C[C@](O)(CNc1ncn[nH]1)C(=O)Nc1ccc(C#N)c(C(F)(F)F)c1. The van der Waals surface area contributed by atoms with Gasteiger partial charge in [0, 0.05) is 5.69 Å². The van der Waals surface area contributed by atoms with Crippen molar-refractivity contribution in [2.24, 2.45) is 0 Å². The van der Waals surface area contributed by atoms with Crippen LogP contribution in [0.15, 0.2) is 24.5 Å². The Morgan fingerprint density at radius 3 is 2.72 bits per heavy atom. The highest BCUT2D eigenvalue weighted by Gasteiger charge is 2.35. The Labute approximate surface area is 139 Å². The van der Waals surface area contributed by atoms with E-state index in [9.17, 15) is 23.1 Å². The average molecular weight is 354 g/mol. The maximum Gasteiger partial charge on any atom is 0.417 e. The van der Waals surface area contributed by atoms with Gasteiger partial charge in [-0.05, 0) is 25.1 Å². The summed E-state index contributed by atoms with van der Waals surface area (Å²) in [6.07, 6.45) is -3.53. The van der Waals surface area contributed by atoms with Gasteiger partial charge >= 0.3 is 6.18 Å². The highest BCUT2D eigenvalue weighted by molar-refractivity contribution is 5.97. The zero-order chi connectivity index (χ0) is 18.7. The number of benzene rings is 1. The minimum absolute atomic E-state index is 0.198. The molecular formula is C14H13F3N6O2. The van der Waals surface area contributed by atoms with Crippen LogP contribution in [0.3, 0.4) is 0 Å². The van der Waals surface area contributed by atoms with Crippen LogP contribution in [-0.4, -0.2) is 38.3 Å². The minimum Gasteiger partial charge on any atom is -0.378 e. The molecule has 2 aromatic rings. The van der Waals surface area contributed by atoms with Gasteiger partial charge < -0.3 is 15.7 Å². The van der Waals surface area contributed by atoms with Gasteiger partial charge in [0.2, 0.25) is 5.95 Å². The first-order chi connectivity index (χ1) is 11.6. The van der Waals surface area contributed by atoms with Gasteiger partial charge in [0.25, 0.3) is 5.91 Å². The number of rotatable bonds is 5. The van der Waals surface area contributed by atoms with Crippen LogP contribution in [0.25, 0.3) is 0 Å². The topological polar surface area (TPSA) is 127 Å². The molecule has 0 saturated carbocycles. The number of carbonyl (C=O) groups is 1. The number of hydrogen-bond donors (Lipinski definition) is 4. The van der Waals surface area contributed by atoms with Crippen molar-refractivity contribution in [3.63, 3.8) is 0 Å². The largest absolute Gasteiger partial charge is 0.417 e. The summed E-state index contributed by atoms with van der Waals surface area (Å²) >= 11 is 0. The molecule has 11 heteroatoms. The lowest BCUT2D eigenvalue weighted by Gasteiger charge is -2.22. The van der Waals surface area contributed by atoms with E-state index in [-0.39, 0.29) is 18.2 Å². The molecule has 132 valence electrons. The van der Waals surface area contributed by atoms with Gasteiger partial charge in [0.05, 0.1) is 23.7 Å². The van der Waals surface area contributed by atoms with Gasteiger partial charge in [-0.3, -0.25) is 4.79 Å². The van der Waals surface area contributed by atoms with Crippen LogP contribution >= 0.6 is 0 Å². The summed E-state index contributed by atoms with van der Waals surface area (Å²) in [5, 5.41) is 29.8. The van der Waals surface area contributed by atoms with Gasteiger partial charge in [0.1, 0.15) is 6.33 Å². The molecule has 0 fully saturated rings. The fourth-order valence-corrected chi connectivity index (χ4v) is 1.85.